The standard InChI is InChI=1S/C12H18N6S/c1-7-8(13)15-10(12(2,3)4)16-9(7)19-11-17-14-6-18(11)5/h6H,1-5H3,(H2,13,15,16). The highest BCUT2D eigenvalue weighted by Crippen LogP contribution is 2.31. The summed E-state index contributed by atoms with van der Waals surface area (Å²) in [5.74, 6) is 1.25. The van der Waals surface area contributed by atoms with Crippen molar-refractivity contribution in [1.29, 1.82) is 0 Å². The molecule has 2 heterocycles. The molecule has 0 aromatic carbocycles. The zero-order valence-corrected chi connectivity index (χ0v) is 12.6. The molecule has 0 atom stereocenters. The predicted molar refractivity (Wildman–Crippen MR) is 75.0 cm³/mol. The number of hydrogen-bond donors (Lipinski definition) is 1. The fourth-order valence-electron chi connectivity index (χ4n) is 1.40. The van der Waals surface area contributed by atoms with E-state index in [4.69, 9.17) is 5.73 Å². The Morgan fingerprint density at radius 3 is 2.47 bits per heavy atom. The maximum absolute atomic E-state index is 5.98. The fourth-order valence-corrected chi connectivity index (χ4v) is 2.24. The summed E-state index contributed by atoms with van der Waals surface area (Å²) in [6.45, 7) is 8.11. The van der Waals surface area contributed by atoms with Gasteiger partial charge in [-0.3, -0.25) is 0 Å². The van der Waals surface area contributed by atoms with Crippen LogP contribution in [0.25, 0.3) is 0 Å². The molecule has 0 aliphatic carbocycles. The number of aromatic nitrogens is 5. The molecule has 0 fully saturated rings. The van der Waals surface area contributed by atoms with Crippen LogP contribution in [0.2, 0.25) is 0 Å². The van der Waals surface area contributed by atoms with Crippen molar-refractivity contribution in [3.05, 3.63) is 17.7 Å². The normalized spacial score (nSPS) is 11.8. The fraction of sp³-hybridized carbons (Fsp3) is 0.500. The van der Waals surface area contributed by atoms with Crippen LogP contribution in [0.3, 0.4) is 0 Å². The number of nitrogens with zero attached hydrogens (tertiary/aromatic N) is 5. The van der Waals surface area contributed by atoms with Crippen LogP contribution in [-0.4, -0.2) is 24.7 Å². The van der Waals surface area contributed by atoms with Crippen LogP contribution in [0.15, 0.2) is 16.5 Å². The summed E-state index contributed by atoms with van der Waals surface area (Å²) in [4.78, 5) is 8.98. The number of rotatable bonds is 2. The number of nitrogens with two attached hydrogens (primary N) is 1. The van der Waals surface area contributed by atoms with E-state index in [1.54, 1.807) is 6.33 Å². The monoisotopic (exact) mass is 278 g/mol. The summed E-state index contributed by atoms with van der Waals surface area (Å²) in [5.41, 5.74) is 6.71. The van der Waals surface area contributed by atoms with Crippen LogP contribution in [0.5, 0.6) is 0 Å². The SMILES string of the molecule is Cc1c(N)nc(C(C)(C)C)nc1Sc1nncn1C. The zero-order chi connectivity index (χ0) is 14.2. The quantitative estimate of drug-likeness (QED) is 0.845. The van der Waals surface area contributed by atoms with Crippen molar-refractivity contribution >= 4 is 17.6 Å². The van der Waals surface area contributed by atoms with Crippen LogP contribution in [0, 0.1) is 6.92 Å². The Hall–Kier alpha value is -1.63. The van der Waals surface area contributed by atoms with Crippen LogP contribution < -0.4 is 5.73 Å². The van der Waals surface area contributed by atoms with Gasteiger partial charge < -0.3 is 10.3 Å². The van der Waals surface area contributed by atoms with Crippen molar-refractivity contribution in [2.45, 2.75) is 43.3 Å². The lowest BCUT2D eigenvalue weighted by Gasteiger charge is -2.18. The summed E-state index contributed by atoms with van der Waals surface area (Å²) in [7, 11) is 1.90. The van der Waals surface area contributed by atoms with Gasteiger partial charge in [0.15, 0.2) is 5.16 Å². The molecule has 2 aromatic rings. The highest BCUT2D eigenvalue weighted by Gasteiger charge is 2.21. The molecule has 6 nitrogen and oxygen atoms in total. The van der Waals surface area contributed by atoms with Gasteiger partial charge in [-0.15, -0.1) is 10.2 Å². The van der Waals surface area contributed by atoms with Crippen molar-refractivity contribution in [2.75, 3.05) is 5.73 Å². The van der Waals surface area contributed by atoms with E-state index in [1.807, 2.05) is 18.5 Å². The van der Waals surface area contributed by atoms with E-state index in [9.17, 15) is 0 Å². The highest BCUT2D eigenvalue weighted by atomic mass is 32.2. The lowest BCUT2D eigenvalue weighted by molar-refractivity contribution is 0.538. The Bertz CT molecular complexity index is 599. The summed E-state index contributed by atoms with van der Waals surface area (Å²) in [6, 6.07) is 0. The van der Waals surface area contributed by atoms with Gasteiger partial charge in [0, 0.05) is 18.0 Å². The van der Waals surface area contributed by atoms with Crippen LogP contribution in [0.4, 0.5) is 5.82 Å². The van der Waals surface area contributed by atoms with Crippen molar-refractivity contribution in [3.63, 3.8) is 0 Å². The molecule has 0 saturated heterocycles. The average molecular weight is 278 g/mol. The van der Waals surface area contributed by atoms with Crippen LogP contribution in [-0.2, 0) is 12.5 Å². The zero-order valence-electron chi connectivity index (χ0n) is 11.8. The van der Waals surface area contributed by atoms with E-state index in [2.05, 4.69) is 40.9 Å². The van der Waals surface area contributed by atoms with E-state index >= 15 is 0 Å². The first-order valence-corrected chi connectivity index (χ1v) is 6.77. The van der Waals surface area contributed by atoms with E-state index in [0.717, 1.165) is 21.6 Å². The van der Waals surface area contributed by atoms with Gasteiger partial charge in [0.1, 0.15) is 23.0 Å². The van der Waals surface area contributed by atoms with Gasteiger partial charge in [0.05, 0.1) is 0 Å². The van der Waals surface area contributed by atoms with Gasteiger partial charge in [0.25, 0.3) is 0 Å². The molecule has 2 N–H and O–H groups in total. The van der Waals surface area contributed by atoms with E-state index < -0.39 is 0 Å². The Labute approximate surface area is 116 Å². The summed E-state index contributed by atoms with van der Waals surface area (Å²) in [5, 5.41) is 9.51. The largest absolute Gasteiger partial charge is 0.383 e. The second-order valence-corrected chi connectivity index (χ2v) is 6.40. The lowest BCUT2D eigenvalue weighted by atomic mass is 9.95. The van der Waals surface area contributed by atoms with Crippen molar-refractivity contribution in [3.8, 4) is 0 Å². The first-order chi connectivity index (χ1) is 8.79. The molecule has 2 aromatic heterocycles. The van der Waals surface area contributed by atoms with E-state index in [-0.39, 0.29) is 5.41 Å². The molecule has 0 aliphatic heterocycles. The van der Waals surface area contributed by atoms with Crippen LogP contribution >= 0.6 is 11.8 Å². The Morgan fingerprint density at radius 2 is 1.95 bits per heavy atom. The second kappa shape index (κ2) is 4.80. The molecule has 0 radical (unpaired) electrons. The van der Waals surface area contributed by atoms with Gasteiger partial charge in [-0.1, -0.05) is 20.8 Å². The van der Waals surface area contributed by atoms with E-state index in [1.165, 1.54) is 11.8 Å². The molecule has 0 aliphatic rings. The van der Waals surface area contributed by atoms with Gasteiger partial charge in [0.2, 0.25) is 0 Å². The molecule has 2 rings (SSSR count). The molecule has 0 bridgehead atoms. The number of nitrogen functional groups attached to an aromatic ring is 1. The third-order valence-corrected chi connectivity index (χ3v) is 3.81. The van der Waals surface area contributed by atoms with Gasteiger partial charge >= 0.3 is 0 Å². The minimum atomic E-state index is -0.142. The molecule has 0 saturated carbocycles. The maximum atomic E-state index is 5.98. The molecule has 102 valence electrons. The minimum Gasteiger partial charge on any atom is -0.383 e. The van der Waals surface area contributed by atoms with Crippen molar-refractivity contribution in [2.24, 2.45) is 7.05 Å². The maximum Gasteiger partial charge on any atom is 0.197 e. The summed E-state index contributed by atoms with van der Waals surface area (Å²) >= 11 is 1.45. The number of aryl methyl sites for hydroxylation is 1. The Balaban J connectivity index is 2.45. The first-order valence-electron chi connectivity index (χ1n) is 5.95. The molecule has 0 unspecified atom stereocenters. The van der Waals surface area contributed by atoms with Crippen LogP contribution in [0.1, 0.15) is 32.2 Å². The predicted octanol–water partition coefficient (Wildman–Crippen LogP) is 1.94. The van der Waals surface area contributed by atoms with Gasteiger partial charge in [-0.05, 0) is 18.7 Å². The molecule has 0 amide bonds. The average Bonchev–Trinajstić information content (AvgIpc) is 2.69. The van der Waals surface area contributed by atoms with Crippen molar-refractivity contribution in [1.82, 2.24) is 24.7 Å². The van der Waals surface area contributed by atoms with Crippen molar-refractivity contribution < 1.29 is 0 Å². The third kappa shape index (κ3) is 2.86. The minimum absolute atomic E-state index is 0.142. The van der Waals surface area contributed by atoms with E-state index in [0.29, 0.717) is 5.82 Å². The smallest absolute Gasteiger partial charge is 0.197 e. The highest BCUT2D eigenvalue weighted by molar-refractivity contribution is 7.99. The lowest BCUT2D eigenvalue weighted by Crippen LogP contribution is -2.18. The first kappa shape index (κ1) is 13.8. The Kier molecular flexibility index (Phi) is 3.49. The topological polar surface area (TPSA) is 82.5 Å². The molecule has 19 heavy (non-hydrogen) atoms. The molecule has 7 heteroatoms. The molecular formula is C12H18N6S. The van der Waals surface area contributed by atoms with Gasteiger partial charge in [-0.2, -0.15) is 0 Å². The summed E-state index contributed by atoms with van der Waals surface area (Å²) in [6.07, 6.45) is 1.66. The molecular weight excluding hydrogens is 260 g/mol. The number of hydrogen-bond acceptors (Lipinski definition) is 6. The molecule has 0 spiro atoms. The second-order valence-electron chi connectivity index (χ2n) is 5.44. The number of anilines is 1. The van der Waals surface area contributed by atoms with Gasteiger partial charge in [-0.25, -0.2) is 9.97 Å². The third-order valence-electron chi connectivity index (χ3n) is 2.67. The summed E-state index contributed by atoms with van der Waals surface area (Å²) < 4.78 is 1.85. The Morgan fingerprint density at radius 1 is 1.26 bits per heavy atom.